The minimum absolute atomic E-state index is 0.0578. The van der Waals surface area contributed by atoms with Crippen molar-refractivity contribution in [1.82, 2.24) is 4.98 Å². The molecule has 0 aliphatic rings. The number of aromatic nitrogens is 1. The van der Waals surface area contributed by atoms with Crippen LogP contribution in [0.15, 0.2) is 18.3 Å². The highest BCUT2D eigenvalue weighted by Gasteiger charge is 2.16. The fourth-order valence-corrected chi connectivity index (χ4v) is 1.90. The third kappa shape index (κ3) is 3.70. The fraction of sp³-hybridized carbons (Fsp3) is 0.643. The van der Waals surface area contributed by atoms with E-state index in [0.29, 0.717) is 6.04 Å². The van der Waals surface area contributed by atoms with Crippen molar-refractivity contribution in [3.8, 4) is 0 Å². The van der Waals surface area contributed by atoms with E-state index in [1.54, 1.807) is 6.20 Å². The molecule has 0 spiro atoms. The second kappa shape index (κ2) is 7.28. The van der Waals surface area contributed by atoms with Gasteiger partial charge in [-0.1, -0.05) is 26.3 Å². The molecular formula is C14H24N2O. The van der Waals surface area contributed by atoms with Gasteiger partial charge in [0.1, 0.15) is 5.82 Å². The normalized spacial score (nSPS) is 12.5. The summed E-state index contributed by atoms with van der Waals surface area (Å²) in [5, 5.41) is 9.38. The van der Waals surface area contributed by atoms with E-state index in [2.05, 4.69) is 30.7 Å². The van der Waals surface area contributed by atoms with Gasteiger partial charge in [0.2, 0.25) is 0 Å². The maximum Gasteiger partial charge on any atom is 0.134 e. The predicted molar refractivity (Wildman–Crippen MR) is 72.2 cm³/mol. The van der Waals surface area contributed by atoms with Gasteiger partial charge < -0.3 is 10.0 Å². The zero-order valence-corrected chi connectivity index (χ0v) is 11.2. The van der Waals surface area contributed by atoms with Crippen LogP contribution in [-0.4, -0.2) is 22.7 Å². The highest BCUT2D eigenvalue weighted by atomic mass is 16.3. The lowest BCUT2D eigenvalue weighted by Crippen LogP contribution is -2.35. The number of nitrogens with zero attached hydrogens (tertiary/aromatic N) is 2. The molecule has 0 amide bonds. The molecule has 0 aromatic carbocycles. The molecule has 1 aromatic heterocycles. The van der Waals surface area contributed by atoms with Crippen LogP contribution >= 0.6 is 0 Å². The van der Waals surface area contributed by atoms with Crippen molar-refractivity contribution >= 4 is 5.82 Å². The van der Waals surface area contributed by atoms with Gasteiger partial charge in [-0.15, -0.1) is 0 Å². The summed E-state index contributed by atoms with van der Waals surface area (Å²) in [7, 11) is 0. The van der Waals surface area contributed by atoms with Crippen molar-refractivity contribution in [1.29, 1.82) is 0 Å². The Hall–Kier alpha value is -1.09. The molecule has 0 saturated heterocycles. The summed E-state index contributed by atoms with van der Waals surface area (Å²) >= 11 is 0. The summed E-state index contributed by atoms with van der Waals surface area (Å²) in [4.78, 5) is 6.75. The third-order valence-electron chi connectivity index (χ3n) is 3.19. The van der Waals surface area contributed by atoms with Crippen LogP contribution in [0.5, 0.6) is 0 Å². The maximum atomic E-state index is 9.38. The molecule has 3 heteroatoms. The Labute approximate surface area is 104 Å². The van der Waals surface area contributed by atoms with Gasteiger partial charge in [0.25, 0.3) is 0 Å². The van der Waals surface area contributed by atoms with E-state index in [4.69, 9.17) is 0 Å². The molecule has 1 unspecified atom stereocenters. The van der Waals surface area contributed by atoms with Gasteiger partial charge >= 0.3 is 0 Å². The average molecular weight is 236 g/mol. The number of rotatable bonds is 7. The van der Waals surface area contributed by atoms with Crippen LogP contribution in [0.4, 0.5) is 5.82 Å². The fourth-order valence-electron chi connectivity index (χ4n) is 1.90. The lowest BCUT2D eigenvalue weighted by Gasteiger charge is -2.31. The van der Waals surface area contributed by atoms with Gasteiger partial charge in [-0.2, -0.15) is 0 Å². The molecule has 1 atom stereocenters. The van der Waals surface area contributed by atoms with E-state index in [9.17, 15) is 5.11 Å². The first kappa shape index (κ1) is 14.0. The van der Waals surface area contributed by atoms with Crippen LogP contribution in [0, 0.1) is 0 Å². The van der Waals surface area contributed by atoms with Crippen molar-refractivity contribution < 1.29 is 5.11 Å². The topological polar surface area (TPSA) is 36.4 Å². The lowest BCUT2D eigenvalue weighted by molar-refractivity contribution is 0.281. The Morgan fingerprint density at radius 2 is 2.18 bits per heavy atom. The van der Waals surface area contributed by atoms with Crippen LogP contribution in [0.1, 0.15) is 45.6 Å². The summed E-state index contributed by atoms with van der Waals surface area (Å²) in [6.45, 7) is 7.66. The van der Waals surface area contributed by atoms with Gasteiger partial charge in [-0.3, -0.25) is 0 Å². The van der Waals surface area contributed by atoms with E-state index in [-0.39, 0.29) is 6.61 Å². The smallest absolute Gasteiger partial charge is 0.134 e. The molecule has 96 valence electrons. The van der Waals surface area contributed by atoms with Crippen molar-refractivity contribution in [2.45, 2.75) is 52.7 Å². The SMILES string of the molecule is CCCCN(c1ncccc1CO)C(C)CC. The molecule has 1 rings (SSSR count). The van der Waals surface area contributed by atoms with Gasteiger partial charge in [0, 0.05) is 24.3 Å². The standard InChI is InChI=1S/C14H24N2O/c1-4-6-10-16(12(3)5-2)14-13(11-17)8-7-9-15-14/h7-9,12,17H,4-6,10-11H2,1-3H3. The first-order valence-corrected chi connectivity index (χ1v) is 6.55. The summed E-state index contributed by atoms with van der Waals surface area (Å²) in [6.07, 6.45) is 5.22. The quantitative estimate of drug-likeness (QED) is 0.790. The summed E-state index contributed by atoms with van der Waals surface area (Å²) < 4.78 is 0. The molecule has 0 saturated carbocycles. The predicted octanol–water partition coefficient (Wildman–Crippen LogP) is 2.98. The largest absolute Gasteiger partial charge is 0.392 e. The molecule has 17 heavy (non-hydrogen) atoms. The summed E-state index contributed by atoms with van der Waals surface area (Å²) in [5.41, 5.74) is 0.920. The highest BCUT2D eigenvalue weighted by molar-refractivity contribution is 5.47. The molecule has 1 N–H and O–H groups in total. The molecule has 0 aliphatic carbocycles. The van der Waals surface area contributed by atoms with Gasteiger partial charge in [0.05, 0.1) is 6.61 Å². The number of aliphatic hydroxyl groups is 1. The highest BCUT2D eigenvalue weighted by Crippen LogP contribution is 2.21. The maximum absolute atomic E-state index is 9.38. The summed E-state index contributed by atoms with van der Waals surface area (Å²) in [5.74, 6) is 0.942. The molecule has 0 bridgehead atoms. The van der Waals surface area contributed by atoms with E-state index in [1.165, 1.54) is 6.42 Å². The Bertz CT molecular complexity index is 328. The second-order valence-corrected chi connectivity index (χ2v) is 4.45. The first-order chi connectivity index (χ1) is 8.24. The van der Waals surface area contributed by atoms with Gasteiger partial charge in [0.15, 0.2) is 0 Å². The zero-order valence-electron chi connectivity index (χ0n) is 11.2. The molecule has 1 aromatic rings. The Balaban J connectivity index is 2.94. The monoisotopic (exact) mass is 236 g/mol. The zero-order chi connectivity index (χ0) is 12.7. The third-order valence-corrected chi connectivity index (χ3v) is 3.19. The number of hydrogen-bond acceptors (Lipinski definition) is 3. The van der Waals surface area contributed by atoms with Crippen LogP contribution in [0.25, 0.3) is 0 Å². The molecule has 1 heterocycles. The Kier molecular flexibility index (Phi) is 5.98. The van der Waals surface area contributed by atoms with Crippen LogP contribution in [0.3, 0.4) is 0 Å². The lowest BCUT2D eigenvalue weighted by atomic mass is 10.1. The molecule has 0 aliphatic heterocycles. The number of hydrogen-bond donors (Lipinski definition) is 1. The molecule has 3 nitrogen and oxygen atoms in total. The van der Waals surface area contributed by atoms with Crippen LogP contribution in [0.2, 0.25) is 0 Å². The average Bonchev–Trinajstić information content (AvgIpc) is 2.39. The van der Waals surface area contributed by atoms with E-state index < -0.39 is 0 Å². The molecule has 0 radical (unpaired) electrons. The molecular weight excluding hydrogens is 212 g/mol. The Morgan fingerprint density at radius 1 is 1.41 bits per heavy atom. The molecule has 0 fully saturated rings. The first-order valence-electron chi connectivity index (χ1n) is 6.55. The van der Waals surface area contributed by atoms with E-state index in [1.807, 2.05) is 12.1 Å². The summed E-state index contributed by atoms with van der Waals surface area (Å²) in [6, 6.07) is 4.29. The van der Waals surface area contributed by atoms with Crippen LogP contribution < -0.4 is 4.90 Å². The van der Waals surface area contributed by atoms with Gasteiger partial charge in [-0.05, 0) is 25.8 Å². The van der Waals surface area contributed by atoms with Crippen molar-refractivity contribution in [2.24, 2.45) is 0 Å². The number of anilines is 1. The second-order valence-electron chi connectivity index (χ2n) is 4.45. The number of unbranched alkanes of at least 4 members (excludes halogenated alkanes) is 1. The minimum Gasteiger partial charge on any atom is -0.392 e. The van der Waals surface area contributed by atoms with Gasteiger partial charge in [-0.25, -0.2) is 4.98 Å². The Morgan fingerprint density at radius 3 is 2.76 bits per heavy atom. The van der Waals surface area contributed by atoms with Crippen LogP contribution in [-0.2, 0) is 6.61 Å². The van der Waals surface area contributed by atoms with Crippen molar-refractivity contribution in [3.63, 3.8) is 0 Å². The van der Waals surface area contributed by atoms with Crippen molar-refractivity contribution in [2.75, 3.05) is 11.4 Å². The minimum atomic E-state index is 0.0578. The number of aliphatic hydroxyl groups excluding tert-OH is 1. The van der Waals surface area contributed by atoms with E-state index >= 15 is 0 Å². The number of pyridine rings is 1. The van der Waals surface area contributed by atoms with E-state index in [0.717, 1.165) is 30.8 Å². The van der Waals surface area contributed by atoms with Crippen molar-refractivity contribution in [3.05, 3.63) is 23.9 Å².